The molecular formula is C26H35N3O10. The van der Waals surface area contributed by atoms with Gasteiger partial charge < -0.3 is 43.9 Å². The molecule has 13 heteroatoms. The zero-order chi connectivity index (χ0) is 28.5. The highest BCUT2D eigenvalue weighted by Crippen LogP contribution is 2.09. The summed E-state index contributed by atoms with van der Waals surface area (Å²) in [6.45, 7) is 3.38. The normalized spacial score (nSPS) is 10.8. The number of amides is 1. The molecule has 0 atom stereocenters. The van der Waals surface area contributed by atoms with E-state index in [1.165, 1.54) is 24.4 Å². The molecule has 0 radical (unpaired) electrons. The first kappa shape index (κ1) is 31.4. The molecule has 0 saturated carbocycles. The van der Waals surface area contributed by atoms with Gasteiger partial charge >= 0.3 is 11.9 Å². The molecule has 39 heavy (non-hydrogen) atoms. The van der Waals surface area contributed by atoms with Gasteiger partial charge in [0.1, 0.15) is 6.54 Å². The quantitative estimate of drug-likeness (QED) is 0.198. The van der Waals surface area contributed by atoms with E-state index in [-0.39, 0.29) is 29.8 Å². The van der Waals surface area contributed by atoms with Crippen LogP contribution in [0, 0.1) is 0 Å². The van der Waals surface area contributed by atoms with Crippen LogP contribution in [-0.4, -0.2) is 106 Å². The summed E-state index contributed by atoms with van der Waals surface area (Å²) in [5.74, 6) is -2.71. The molecule has 13 nitrogen and oxygen atoms in total. The Labute approximate surface area is 225 Å². The molecule has 1 amide bonds. The summed E-state index contributed by atoms with van der Waals surface area (Å²) < 4.78 is 22.9. The number of likely N-dealkylation sites (N-methyl/N-ethyl adjacent to an activating group) is 1. The number of carboxylic acid groups (broad SMARTS) is 2. The van der Waals surface area contributed by atoms with Gasteiger partial charge in [-0.3, -0.25) is 14.4 Å². The van der Waals surface area contributed by atoms with Gasteiger partial charge in [-0.2, -0.15) is 0 Å². The Morgan fingerprint density at radius 2 is 1.38 bits per heavy atom. The molecule has 0 saturated heterocycles. The molecule has 3 N–H and O–H groups in total. The summed E-state index contributed by atoms with van der Waals surface area (Å²) in [5, 5.41) is 20.7. The van der Waals surface area contributed by atoms with E-state index in [4.69, 9.17) is 29.2 Å². The van der Waals surface area contributed by atoms with E-state index < -0.39 is 24.4 Å². The number of aromatic nitrogens is 1. The third-order valence-corrected chi connectivity index (χ3v) is 5.34. The van der Waals surface area contributed by atoms with Gasteiger partial charge in [-0.1, -0.05) is 12.1 Å². The lowest BCUT2D eigenvalue weighted by Gasteiger charge is -2.20. The van der Waals surface area contributed by atoms with Gasteiger partial charge in [0.05, 0.1) is 69.7 Å². The minimum atomic E-state index is -1.16. The highest BCUT2D eigenvalue weighted by Gasteiger charge is 2.15. The Morgan fingerprint density at radius 3 is 1.97 bits per heavy atom. The number of aromatic carboxylic acids is 1. The zero-order valence-electron chi connectivity index (χ0n) is 21.9. The second kappa shape index (κ2) is 17.7. The van der Waals surface area contributed by atoms with Crippen molar-refractivity contribution in [3.05, 3.63) is 64.1 Å². The number of carbonyl (C=O) groups excluding carboxylic acids is 1. The fraction of sp³-hybridized carbons (Fsp3) is 0.462. The summed E-state index contributed by atoms with van der Waals surface area (Å²) in [5.41, 5.74) is 0.388. The number of carboxylic acids is 2. The predicted molar refractivity (Wildman–Crippen MR) is 141 cm³/mol. The van der Waals surface area contributed by atoms with Crippen molar-refractivity contribution in [2.45, 2.75) is 6.54 Å². The van der Waals surface area contributed by atoms with Crippen molar-refractivity contribution in [1.82, 2.24) is 9.88 Å². The summed E-state index contributed by atoms with van der Waals surface area (Å²) in [6, 6.07) is 8.97. The van der Waals surface area contributed by atoms with Crippen molar-refractivity contribution in [2.24, 2.45) is 0 Å². The summed E-state index contributed by atoms with van der Waals surface area (Å²) in [7, 11) is 1.82. The molecule has 0 bridgehead atoms. The second-order valence-corrected chi connectivity index (χ2v) is 8.22. The summed E-state index contributed by atoms with van der Waals surface area (Å²) in [4.78, 5) is 47.7. The minimum Gasteiger partial charge on any atom is -0.480 e. The lowest BCUT2D eigenvalue weighted by atomic mass is 10.1. The maximum Gasteiger partial charge on any atom is 0.336 e. The molecule has 2 rings (SSSR count). The van der Waals surface area contributed by atoms with Gasteiger partial charge in [0.2, 0.25) is 0 Å². The third-order valence-electron chi connectivity index (χ3n) is 5.34. The van der Waals surface area contributed by atoms with Crippen LogP contribution in [-0.2, 0) is 30.3 Å². The maximum absolute atomic E-state index is 12.1. The molecule has 0 aliphatic heterocycles. The minimum absolute atomic E-state index is 0.0527. The number of pyridine rings is 1. The molecule has 1 heterocycles. The van der Waals surface area contributed by atoms with Crippen molar-refractivity contribution >= 4 is 23.5 Å². The van der Waals surface area contributed by atoms with Crippen LogP contribution in [0.25, 0.3) is 0 Å². The number of hydrogen-bond donors (Lipinski definition) is 3. The number of carbonyl (C=O) groups is 3. The first-order chi connectivity index (χ1) is 18.8. The highest BCUT2D eigenvalue weighted by molar-refractivity contribution is 6.04. The monoisotopic (exact) mass is 549 g/mol. The average molecular weight is 550 g/mol. The molecule has 0 unspecified atom stereocenters. The van der Waals surface area contributed by atoms with Crippen molar-refractivity contribution in [3.8, 4) is 0 Å². The number of nitrogens with one attached hydrogen (secondary N) is 1. The maximum atomic E-state index is 12.1. The van der Waals surface area contributed by atoms with E-state index in [1.807, 2.05) is 11.9 Å². The first-order valence-electron chi connectivity index (χ1n) is 12.3. The van der Waals surface area contributed by atoms with Gasteiger partial charge in [-0.15, -0.1) is 0 Å². The van der Waals surface area contributed by atoms with Gasteiger partial charge in [0.25, 0.3) is 11.5 Å². The van der Waals surface area contributed by atoms with Gasteiger partial charge in [0, 0.05) is 32.4 Å². The fourth-order valence-electron chi connectivity index (χ4n) is 3.31. The van der Waals surface area contributed by atoms with E-state index in [9.17, 15) is 19.2 Å². The predicted octanol–water partition coefficient (Wildman–Crippen LogP) is 0.564. The third kappa shape index (κ3) is 12.1. The second-order valence-electron chi connectivity index (χ2n) is 8.22. The van der Waals surface area contributed by atoms with Crippen LogP contribution < -0.4 is 15.8 Å². The number of hydrogen-bond acceptors (Lipinski definition) is 9. The SMILES string of the molecule is CN(CCOCCOCCOCCOCCNC(=O)c1ccccc1C(=O)O)c1ccc(=O)n(CC(=O)O)c1. The van der Waals surface area contributed by atoms with E-state index in [0.717, 1.165) is 4.57 Å². The molecule has 0 aliphatic carbocycles. The molecule has 0 fully saturated rings. The Hall–Kier alpha value is -3.78. The lowest BCUT2D eigenvalue weighted by molar-refractivity contribution is -0.137. The number of rotatable bonds is 20. The highest BCUT2D eigenvalue weighted by atomic mass is 16.6. The van der Waals surface area contributed by atoms with Gasteiger partial charge in [0.15, 0.2) is 0 Å². The first-order valence-corrected chi connectivity index (χ1v) is 12.3. The topological polar surface area (TPSA) is 166 Å². The van der Waals surface area contributed by atoms with Crippen LogP contribution in [0.2, 0.25) is 0 Å². The smallest absolute Gasteiger partial charge is 0.336 e. The summed E-state index contributed by atoms with van der Waals surface area (Å²) >= 11 is 0. The summed E-state index contributed by atoms with van der Waals surface area (Å²) in [6.07, 6.45) is 1.51. The van der Waals surface area contributed by atoms with Crippen LogP contribution in [0.3, 0.4) is 0 Å². The Bertz CT molecular complexity index is 1120. The van der Waals surface area contributed by atoms with Gasteiger partial charge in [-0.25, -0.2) is 4.79 Å². The molecule has 2 aromatic rings. The zero-order valence-corrected chi connectivity index (χ0v) is 21.9. The van der Waals surface area contributed by atoms with Crippen LogP contribution in [0.5, 0.6) is 0 Å². The molecule has 1 aromatic carbocycles. The molecule has 0 aliphatic rings. The van der Waals surface area contributed by atoms with E-state index in [1.54, 1.807) is 18.2 Å². The number of ether oxygens (including phenoxy) is 4. The van der Waals surface area contributed by atoms with Crippen molar-refractivity contribution < 1.29 is 43.5 Å². The van der Waals surface area contributed by atoms with Crippen LogP contribution in [0.1, 0.15) is 20.7 Å². The Morgan fingerprint density at radius 1 is 0.821 bits per heavy atom. The largest absolute Gasteiger partial charge is 0.480 e. The van der Waals surface area contributed by atoms with Crippen LogP contribution in [0.15, 0.2) is 47.4 Å². The van der Waals surface area contributed by atoms with Crippen LogP contribution >= 0.6 is 0 Å². The number of anilines is 1. The number of nitrogens with zero attached hydrogens (tertiary/aromatic N) is 2. The number of aliphatic carboxylic acids is 1. The van der Waals surface area contributed by atoms with E-state index in [2.05, 4.69) is 5.32 Å². The van der Waals surface area contributed by atoms with Crippen molar-refractivity contribution in [1.29, 1.82) is 0 Å². The molecular weight excluding hydrogens is 514 g/mol. The lowest BCUT2D eigenvalue weighted by Crippen LogP contribution is -2.29. The fourth-order valence-corrected chi connectivity index (χ4v) is 3.31. The average Bonchev–Trinajstić information content (AvgIpc) is 2.91. The molecule has 0 spiro atoms. The Kier molecular flexibility index (Phi) is 14.2. The van der Waals surface area contributed by atoms with E-state index in [0.29, 0.717) is 58.5 Å². The van der Waals surface area contributed by atoms with Crippen molar-refractivity contribution in [3.63, 3.8) is 0 Å². The molecule has 214 valence electrons. The Balaban J connectivity index is 1.42. The van der Waals surface area contributed by atoms with Crippen molar-refractivity contribution in [2.75, 3.05) is 77.9 Å². The standard InChI is InChI=1S/C26H35N3O10/c1-28(20-6-7-23(30)29(18-20)19-24(31)32)9-11-37-13-15-39-17-16-38-14-12-36-10-8-27-25(33)21-4-2-3-5-22(21)26(34)35/h2-7,18H,8-17,19H2,1H3,(H,27,33)(H,31,32)(H,34,35). The van der Waals surface area contributed by atoms with Crippen LogP contribution in [0.4, 0.5) is 5.69 Å². The van der Waals surface area contributed by atoms with E-state index >= 15 is 0 Å². The number of benzene rings is 1. The molecule has 1 aromatic heterocycles. The van der Waals surface area contributed by atoms with Gasteiger partial charge in [-0.05, 0) is 18.2 Å².